The van der Waals surface area contributed by atoms with Gasteiger partial charge in [0.15, 0.2) is 0 Å². The second-order valence-corrected chi connectivity index (χ2v) is 4.71. The zero-order chi connectivity index (χ0) is 14.4. The number of allylic oxidation sites excluding steroid dienone is 3. The lowest BCUT2D eigenvalue weighted by atomic mass is 9.99. The lowest BCUT2D eigenvalue weighted by molar-refractivity contribution is 0.861. The van der Waals surface area contributed by atoms with Gasteiger partial charge in [0.05, 0.1) is 0 Å². The first-order chi connectivity index (χ1) is 9.74. The Kier molecular flexibility index (Phi) is 4.77. The van der Waals surface area contributed by atoms with E-state index >= 15 is 0 Å². The van der Waals surface area contributed by atoms with Crippen LogP contribution in [0.1, 0.15) is 17.7 Å². The number of aromatic nitrogens is 1. The molecule has 0 unspecified atom stereocenters. The number of rotatable bonds is 6. The van der Waals surface area contributed by atoms with E-state index in [1.165, 1.54) is 11.1 Å². The molecule has 1 aromatic heterocycles. The summed E-state index contributed by atoms with van der Waals surface area (Å²) in [4.78, 5) is 4.49. The largest absolute Gasteiger partial charge is 0.388 e. The lowest BCUT2D eigenvalue weighted by Gasteiger charge is -2.14. The second-order valence-electron chi connectivity index (χ2n) is 4.71. The van der Waals surface area contributed by atoms with Crippen LogP contribution in [0.3, 0.4) is 0 Å². The van der Waals surface area contributed by atoms with Crippen LogP contribution in [0.2, 0.25) is 0 Å². The summed E-state index contributed by atoms with van der Waals surface area (Å²) in [6.45, 7) is 8.67. The molecule has 2 heterocycles. The molecule has 2 rings (SSSR count). The monoisotopic (exact) mass is 267 g/mol. The van der Waals surface area contributed by atoms with E-state index in [4.69, 9.17) is 0 Å². The molecule has 1 aromatic rings. The summed E-state index contributed by atoms with van der Waals surface area (Å²) in [5.41, 5.74) is 5.52. The first kappa shape index (κ1) is 14.1. The Morgan fingerprint density at radius 1 is 1.45 bits per heavy atom. The van der Waals surface area contributed by atoms with Gasteiger partial charge in [-0.1, -0.05) is 25.3 Å². The smallest absolute Gasteiger partial charge is 0.0407 e. The van der Waals surface area contributed by atoms with Gasteiger partial charge in [0.25, 0.3) is 0 Å². The fourth-order valence-electron chi connectivity index (χ4n) is 2.15. The molecule has 0 amide bonds. The van der Waals surface area contributed by atoms with E-state index in [-0.39, 0.29) is 0 Å². The number of nitrogens with one attached hydrogen (secondary N) is 2. The molecule has 0 atom stereocenters. The third kappa shape index (κ3) is 3.38. The van der Waals surface area contributed by atoms with E-state index in [1.54, 1.807) is 0 Å². The third-order valence-electron chi connectivity index (χ3n) is 3.43. The highest BCUT2D eigenvalue weighted by Gasteiger charge is 2.07. The number of nitrogens with zero attached hydrogens (tertiary/aromatic N) is 1. The topological polar surface area (TPSA) is 37.0 Å². The van der Waals surface area contributed by atoms with Crippen molar-refractivity contribution in [2.24, 2.45) is 0 Å². The normalized spacial score (nSPS) is 13.8. The molecule has 3 nitrogen and oxygen atoms in total. The van der Waals surface area contributed by atoms with Gasteiger partial charge in [-0.3, -0.25) is 4.98 Å². The SMILES string of the molecule is C=CC1=CCNC=C1CCc1ccc(C(=C)NC)cn1. The summed E-state index contributed by atoms with van der Waals surface area (Å²) in [7, 11) is 1.86. The molecule has 1 aliphatic rings. The average Bonchev–Trinajstić information content (AvgIpc) is 2.53. The van der Waals surface area contributed by atoms with Gasteiger partial charge in [-0.05, 0) is 36.1 Å². The molecule has 2 N–H and O–H groups in total. The molecule has 0 saturated carbocycles. The van der Waals surface area contributed by atoms with Crippen LogP contribution < -0.4 is 10.6 Å². The van der Waals surface area contributed by atoms with Crippen molar-refractivity contribution in [1.29, 1.82) is 0 Å². The number of hydrogen-bond acceptors (Lipinski definition) is 3. The highest BCUT2D eigenvalue weighted by atomic mass is 14.8. The van der Waals surface area contributed by atoms with Crippen LogP contribution in [0.25, 0.3) is 5.70 Å². The van der Waals surface area contributed by atoms with Crippen LogP contribution in [0.4, 0.5) is 0 Å². The van der Waals surface area contributed by atoms with Gasteiger partial charge in [0, 0.05) is 42.9 Å². The van der Waals surface area contributed by atoms with Gasteiger partial charge in [-0.25, -0.2) is 0 Å². The fourth-order valence-corrected chi connectivity index (χ4v) is 2.15. The summed E-state index contributed by atoms with van der Waals surface area (Å²) in [6.07, 6.45) is 9.91. The Morgan fingerprint density at radius 3 is 2.95 bits per heavy atom. The van der Waals surface area contributed by atoms with Crippen LogP contribution in [-0.4, -0.2) is 18.6 Å². The van der Waals surface area contributed by atoms with Crippen LogP contribution in [0, 0.1) is 0 Å². The first-order valence-electron chi connectivity index (χ1n) is 6.82. The number of pyridine rings is 1. The zero-order valence-corrected chi connectivity index (χ0v) is 11.9. The van der Waals surface area contributed by atoms with Crippen LogP contribution in [0.5, 0.6) is 0 Å². The summed E-state index contributed by atoms with van der Waals surface area (Å²) in [5.74, 6) is 0. The summed E-state index contributed by atoms with van der Waals surface area (Å²) in [5, 5.41) is 6.27. The maximum atomic E-state index is 4.49. The molecule has 0 radical (unpaired) electrons. The molecular formula is C17H21N3. The molecule has 0 fully saturated rings. The third-order valence-corrected chi connectivity index (χ3v) is 3.43. The Balaban J connectivity index is 1.97. The van der Waals surface area contributed by atoms with Crippen molar-refractivity contribution >= 4 is 5.70 Å². The van der Waals surface area contributed by atoms with Gasteiger partial charge in [0.2, 0.25) is 0 Å². The van der Waals surface area contributed by atoms with E-state index < -0.39 is 0 Å². The lowest BCUT2D eigenvalue weighted by Crippen LogP contribution is -2.12. The standard InChI is InChI=1S/C17H21N3/c1-4-14-9-10-19-11-16(14)6-8-17-7-5-15(12-20-17)13(2)18-3/h4-5,7,9,11-12,18-19H,1-2,6,8,10H2,3H3. The second kappa shape index (κ2) is 6.75. The van der Waals surface area contributed by atoms with Crippen molar-refractivity contribution in [2.45, 2.75) is 12.8 Å². The Hall–Kier alpha value is -2.29. The highest BCUT2D eigenvalue weighted by Crippen LogP contribution is 2.19. The van der Waals surface area contributed by atoms with E-state index in [2.05, 4.69) is 53.2 Å². The average molecular weight is 267 g/mol. The van der Waals surface area contributed by atoms with Gasteiger partial charge in [0.1, 0.15) is 0 Å². The van der Waals surface area contributed by atoms with Crippen molar-refractivity contribution in [3.8, 4) is 0 Å². The molecular weight excluding hydrogens is 246 g/mol. The van der Waals surface area contributed by atoms with Gasteiger partial charge < -0.3 is 10.6 Å². The molecule has 0 saturated heterocycles. The minimum Gasteiger partial charge on any atom is -0.388 e. The molecule has 3 heteroatoms. The van der Waals surface area contributed by atoms with Crippen LogP contribution in [0.15, 0.2) is 61.0 Å². The van der Waals surface area contributed by atoms with E-state index in [9.17, 15) is 0 Å². The Bertz CT molecular complexity index is 550. The summed E-state index contributed by atoms with van der Waals surface area (Å²) < 4.78 is 0. The van der Waals surface area contributed by atoms with Crippen molar-refractivity contribution in [3.05, 3.63) is 72.2 Å². The van der Waals surface area contributed by atoms with Crippen molar-refractivity contribution in [1.82, 2.24) is 15.6 Å². The van der Waals surface area contributed by atoms with Crippen molar-refractivity contribution in [3.63, 3.8) is 0 Å². The molecule has 0 aromatic carbocycles. The first-order valence-corrected chi connectivity index (χ1v) is 6.82. The number of dihydropyridines is 1. The molecule has 104 valence electrons. The molecule has 0 aliphatic carbocycles. The van der Waals surface area contributed by atoms with E-state index in [0.29, 0.717) is 0 Å². The summed E-state index contributed by atoms with van der Waals surface area (Å²) in [6, 6.07) is 4.12. The summed E-state index contributed by atoms with van der Waals surface area (Å²) >= 11 is 0. The van der Waals surface area contributed by atoms with Crippen LogP contribution in [-0.2, 0) is 6.42 Å². The van der Waals surface area contributed by atoms with Crippen molar-refractivity contribution < 1.29 is 0 Å². The molecule has 0 spiro atoms. The van der Waals surface area contributed by atoms with Crippen LogP contribution >= 0.6 is 0 Å². The Labute approximate surface area is 120 Å². The maximum Gasteiger partial charge on any atom is 0.0407 e. The number of aryl methyl sites for hydroxylation is 1. The zero-order valence-electron chi connectivity index (χ0n) is 11.9. The predicted molar refractivity (Wildman–Crippen MR) is 85.0 cm³/mol. The van der Waals surface area contributed by atoms with E-state index in [1.807, 2.05) is 19.3 Å². The molecule has 0 bridgehead atoms. The minimum absolute atomic E-state index is 0.879. The highest BCUT2D eigenvalue weighted by molar-refractivity contribution is 5.60. The minimum atomic E-state index is 0.879. The number of hydrogen-bond donors (Lipinski definition) is 2. The predicted octanol–water partition coefficient (Wildman–Crippen LogP) is 2.80. The Morgan fingerprint density at radius 2 is 2.30 bits per heavy atom. The van der Waals surface area contributed by atoms with Gasteiger partial charge >= 0.3 is 0 Å². The maximum absolute atomic E-state index is 4.49. The molecule has 20 heavy (non-hydrogen) atoms. The van der Waals surface area contributed by atoms with Crippen molar-refractivity contribution in [2.75, 3.05) is 13.6 Å². The van der Waals surface area contributed by atoms with E-state index in [0.717, 1.165) is 36.3 Å². The van der Waals surface area contributed by atoms with Gasteiger partial charge in [-0.2, -0.15) is 0 Å². The molecule has 1 aliphatic heterocycles. The van der Waals surface area contributed by atoms with Gasteiger partial charge in [-0.15, -0.1) is 0 Å². The fraction of sp³-hybridized carbons (Fsp3) is 0.235. The quantitative estimate of drug-likeness (QED) is 0.832.